The van der Waals surface area contributed by atoms with Crippen LogP contribution >= 0.6 is 11.3 Å². The summed E-state index contributed by atoms with van der Waals surface area (Å²) >= 11 is 1.32. The van der Waals surface area contributed by atoms with Crippen molar-refractivity contribution in [1.82, 2.24) is 19.9 Å². The van der Waals surface area contributed by atoms with E-state index in [1.807, 2.05) is 26.0 Å². The summed E-state index contributed by atoms with van der Waals surface area (Å²) in [7, 11) is 3.13. The highest BCUT2D eigenvalue weighted by atomic mass is 32.1. The highest BCUT2D eigenvalue weighted by molar-refractivity contribution is 7.20. The number of rotatable bonds is 6. The van der Waals surface area contributed by atoms with Crippen LogP contribution in [0.3, 0.4) is 0 Å². The zero-order valence-corrected chi connectivity index (χ0v) is 20.0. The van der Waals surface area contributed by atoms with Gasteiger partial charge in [-0.1, -0.05) is 6.07 Å². The number of aromatic nitrogens is 3. The molecule has 1 aliphatic heterocycles. The number of hydrogen-bond donors (Lipinski definition) is 1. The smallest absolute Gasteiger partial charge is 0.264 e. The van der Waals surface area contributed by atoms with Crippen molar-refractivity contribution in [2.24, 2.45) is 5.92 Å². The Balaban J connectivity index is 1.54. The summed E-state index contributed by atoms with van der Waals surface area (Å²) < 4.78 is 10.6. The molecule has 0 spiro atoms. The van der Waals surface area contributed by atoms with E-state index in [2.05, 4.69) is 20.3 Å². The van der Waals surface area contributed by atoms with Gasteiger partial charge in [-0.3, -0.25) is 9.59 Å². The number of carbonyl (C=O) groups is 2. The van der Waals surface area contributed by atoms with Crippen LogP contribution in [0.4, 0.5) is 5.82 Å². The summed E-state index contributed by atoms with van der Waals surface area (Å²) in [5.74, 6) is 0.957. The number of thiophene rings is 1. The fraction of sp³-hybridized carbons (Fsp3) is 0.435. The minimum absolute atomic E-state index is 0.1000. The lowest BCUT2D eigenvalue weighted by Gasteiger charge is -2.31. The zero-order valence-electron chi connectivity index (χ0n) is 19.2. The molecule has 0 bridgehead atoms. The van der Waals surface area contributed by atoms with Crippen LogP contribution < -0.4 is 10.1 Å². The number of likely N-dealkylation sites (tertiary alicyclic amines) is 1. The number of aryl methyl sites for hydroxylation is 2. The number of fused-ring (bicyclic) bond motifs is 1. The van der Waals surface area contributed by atoms with Gasteiger partial charge < -0.3 is 19.7 Å². The van der Waals surface area contributed by atoms with E-state index in [1.165, 1.54) is 11.3 Å². The maximum atomic E-state index is 13.5. The second kappa shape index (κ2) is 9.80. The molecule has 4 heterocycles. The standard InChI is InChI=1S/C23H27N5O4S/c1-13-7-5-9-16(24-13)25-20(29)15-8-6-10-28(11-15)23(30)19-14(2)18-21(32-4)26-17(12-31-3)27-22(18)33-19/h5,7,9,15H,6,8,10-12H2,1-4H3,(H,24,25,29). The Bertz CT molecular complexity index is 1200. The number of methoxy groups -OCH3 is 2. The Kier molecular flexibility index (Phi) is 6.85. The molecule has 1 saturated heterocycles. The quantitative estimate of drug-likeness (QED) is 0.590. The first-order chi connectivity index (χ1) is 15.9. The van der Waals surface area contributed by atoms with Gasteiger partial charge in [0.15, 0.2) is 5.82 Å². The van der Waals surface area contributed by atoms with Gasteiger partial charge in [0.25, 0.3) is 5.91 Å². The highest BCUT2D eigenvalue weighted by Gasteiger charge is 2.31. The summed E-state index contributed by atoms with van der Waals surface area (Å²) in [6.45, 7) is 4.98. The van der Waals surface area contributed by atoms with Crippen molar-refractivity contribution in [3.8, 4) is 5.88 Å². The third-order valence-corrected chi connectivity index (χ3v) is 6.86. The predicted molar refractivity (Wildman–Crippen MR) is 126 cm³/mol. The van der Waals surface area contributed by atoms with Crippen LogP contribution in [0.5, 0.6) is 5.88 Å². The van der Waals surface area contributed by atoms with Crippen LogP contribution in [0.25, 0.3) is 10.2 Å². The van der Waals surface area contributed by atoms with E-state index in [-0.39, 0.29) is 24.3 Å². The van der Waals surface area contributed by atoms with Crippen LogP contribution in [-0.2, 0) is 16.1 Å². The van der Waals surface area contributed by atoms with Gasteiger partial charge in [-0.25, -0.2) is 9.97 Å². The first-order valence-electron chi connectivity index (χ1n) is 10.8. The summed E-state index contributed by atoms with van der Waals surface area (Å²) in [4.78, 5) is 42.6. The van der Waals surface area contributed by atoms with E-state index in [1.54, 1.807) is 25.2 Å². The lowest BCUT2D eigenvalue weighted by molar-refractivity contribution is -0.121. The minimum Gasteiger partial charge on any atom is -0.480 e. The number of nitrogens with one attached hydrogen (secondary N) is 1. The van der Waals surface area contributed by atoms with E-state index in [4.69, 9.17) is 9.47 Å². The van der Waals surface area contributed by atoms with Crippen molar-refractivity contribution < 1.29 is 19.1 Å². The normalized spacial score (nSPS) is 16.1. The Morgan fingerprint density at radius 3 is 2.76 bits per heavy atom. The maximum absolute atomic E-state index is 13.5. The van der Waals surface area contributed by atoms with Crippen molar-refractivity contribution in [3.05, 3.63) is 40.2 Å². The van der Waals surface area contributed by atoms with Crippen LogP contribution in [-0.4, -0.2) is 59.0 Å². The van der Waals surface area contributed by atoms with Crippen molar-refractivity contribution in [3.63, 3.8) is 0 Å². The van der Waals surface area contributed by atoms with Crippen LogP contribution in [0, 0.1) is 19.8 Å². The van der Waals surface area contributed by atoms with Gasteiger partial charge in [0, 0.05) is 25.9 Å². The molecule has 1 N–H and O–H groups in total. The number of ether oxygens (including phenoxy) is 2. The Morgan fingerprint density at radius 2 is 2.03 bits per heavy atom. The number of amides is 2. The van der Waals surface area contributed by atoms with E-state index in [0.717, 1.165) is 29.5 Å². The number of piperidine rings is 1. The molecule has 3 aromatic heterocycles. The molecule has 1 fully saturated rings. The molecule has 0 aliphatic carbocycles. The lowest BCUT2D eigenvalue weighted by atomic mass is 9.96. The lowest BCUT2D eigenvalue weighted by Crippen LogP contribution is -2.43. The van der Waals surface area contributed by atoms with Gasteiger partial charge in [0.2, 0.25) is 11.8 Å². The topological polar surface area (TPSA) is 107 Å². The van der Waals surface area contributed by atoms with Crippen LogP contribution in [0.1, 0.15) is 39.6 Å². The predicted octanol–water partition coefficient (Wildman–Crippen LogP) is 3.35. The largest absolute Gasteiger partial charge is 0.480 e. The van der Waals surface area contributed by atoms with Gasteiger partial charge in [-0.2, -0.15) is 4.98 Å². The van der Waals surface area contributed by atoms with Gasteiger partial charge >= 0.3 is 0 Å². The van der Waals surface area contributed by atoms with Crippen molar-refractivity contribution in [2.75, 3.05) is 32.6 Å². The first kappa shape index (κ1) is 23.1. The number of carbonyl (C=O) groups excluding carboxylic acids is 2. The monoisotopic (exact) mass is 469 g/mol. The molecule has 3 aromatic rings. The average Bonchev–Trinajstić information content (AvgIpc) is 3.14. The number of pyridine rings is 1. The summed E-state index contributed by atoms with van der Waals surface area (Å²) in [6, 6.07) is 5.50. The van der Waals surface area contributed by atoms with E-state index >= 15 is 0 Å². The Morgan fingerprint density at radius 1 is 1.21 bits per heavy atom. The summed E-state index contributed by atoms with van der Waals surface area (Å²) in [6.07, 6.45) is 1.49. The molecule has 0 aromatic carbocycles. The molecule has 1 atom stereocenters. The fourth-order valence-corrected chi connectivity index (χ4v) is 5.21. The molecule has 33 heavy (non-hydrogen) atoms. The summed E-state index contributed by atoms with van der Waals surface area (Å²) in [5, 5.41) is 3.62. The molecule has 9 nitrogen and oxygen atoms in total. The minimum atomic E-state index is -0.290. The molecule has 1 unspecified atom stereocenters. The number of nitrogens with zero attached hydrogens (tertiary/aromatic N) is 4. The number of anilines is 1. The molecular weight excluding hydrogens is 442 g/mol. The third-order valence-electron chi connectivity index (χ3n) is 5.68. The molecule has 1 aliphatic rings. The SMILES string of the molecule is COCc1nc(OC)c2c(C)c(C(=O)N3CCCC(C(=O)Nc4cccc(C)n4)C3)sc2n1. The van der Waals surface area contributed by atoms with Crippen LogP contribution in [0.15, 0.2) is 18.2 Å². The first-order valence-corrected chi connectivity index (χ1v) is 11.6. The molecular formula is C23H27N5O4S. The van der Waals surface area contributed by atoms with E-state index < -0.39 is 0 Å². The second-order valence-electron chi connectivity index (χ2n) is 8.06. The van der Waals surface area contributed by atoms with Gasteiger partial charge in [-0.05, 0) is 44.4 Å². The molecule has 10 heteroatoms. The second-order valence-corrected chi connectivity index (χ2v) is 9.06. The van der Waals surface area contributed by atoms with Crippen LogP contribution in [0.2, 0.25) is 0 Å². The van der Waals surface area contributed by atoms with E-state index in [0.29, 0.717) is 40.3 Å². The Labute approximate surface area is 196 Å². The Hall–Kier alpha value is -3.11. The van der Waals surface area contributed by atoms with Gasteiger partial charge in [0.1, 0.15) is 17.3 Å². The molecule has 0 saturated carbocycles. The van der Waals surface area contributed by atoms with E-state index in [9.17, 15) is 9.59 Å². The third kappa shape index (κ3) is 4.81. The van der Waals surface area contributed by atoms with Crippen molar-refractivity contribution in [2.45, 2.75) is 33.3 Å². The molecule has 174 valence electrons. The summed E-state index contributed by atoms with van der Waals surface area (Å²) in [5.41, 5.74) is 1.62. The van der Waals surface area contributed by atoms with Crippen molar-refractivity contribution in [1.29, 1.82) is 0 Å². The van der Waals surface area contributed by atoms with Gasteiger partial charge in [0.05, 0.1) is 23.3 Å². The highest BCUT2D eigenvalue weighted by Crippen LogP contribution is 2.36. The molecule has 2 amide bonds. The fourth-order valence-electron chi connectivity index (χ4n) is 4.05. The maximum Gasteiger partial charge on any atom is 0.264 e. The van der Waals surface area contributed by atoms with Crippen molar-refractivity contribution >= 4 is 39.2 Å². The number of hydrogen-bond acceptors (Lipinski definition) is 8. The molecule has 4 rings (SSSR count). The zero-order chi connectivity index (χ0) is 23.5. The average molecular weight is 470 g/mol. The molecule has 0 radical (unpaired) electrons. The van der Waals surface area contributed by atoms with Gasteiger partial charge in [-0.15, -0.1) is 11.3 Å².